The number of rotatable bonds is 7. The minimum absolute atomic E-state index is 0.0167. The van der Waals surface area contributed by atoms with Crippen LogP contribution in [-0.2, 0) is 16.2 Å². The van der Waals surface area contributed by atoms with E-state index in [0.717, 1.165) is 16.7 Å². The highest BCUT2D eigenvalue weighted by molar-refractivity contribution is 7.89. The molecule has 2 aliphatic rings. The normalized spacial score (nSPS) is 19.2. The zero-order valence-electron chi connectivity index (χ0n) is 17.5. The minimum atomic E-state index is -2.90. The Morgan fingerprint density at radius 3 is 2.16 bits per heavy atom. The fourth-order valence-corrected chi connectivity index (χ4v) is 5.40. The summed E-state index contributed by atoms with van der Waals surface area (Å²) >= 11 is -1.45. The number of carbonyl (C=O) groups excluding carboxylic acids is 1. The Kier molecular flexibility index (Phi) is 6.80. The van der Waals surface area contributed by atoms with Crippen LogP contribution in [0.25, 0.3) is 0 Å². The van der Waals surface area contributed by atoms with Crippen LogP contribution in [-0.4, -0.2) is 63.7 Å². The van der Waals surface area contributed by atoms with Crippen LogP contribution in [0.15, 0.2) is 70.6 Å². The number of alkyl halides is 2. The van der Waals surface area contributed by atoms with Gasteiger partial charge in [-0.3, -0.25) is 4.79 Å². The Morgan fingerprint density at radius 1 is 1.03 bits per heavy atom. The maximum absolute atomic E-state index is 13.2. The first kappa shape index (κ1) is 22.7. The van der Waals surface area contributed by atoms with Crippen LogP contribution in [0.4, 0.5) is 8.78 Å². The Morgan fingerprint density at radius 2 is 1.62 bits per heavy atom. The molecule has 0 aromatic heterocycles. The van der Waals surface area contributed by atoms with Crippen molar-refractivity contribution in [2.24, 2.45) is 0 Å². The summed E-state index contributed by atoms with van der Waals surface area (Å²) in [5.41, 5.74) is 2.89. The molecule has 2 aliphatic heterocycles. The maximum atomic E-state index is 13.2. The van der Waals surface area contributed by atoms with E-state index in [2.05, 4.69) is 4.74 Å². The first-order valence-electron chi connectivity index (χ1n) is 10.3. The number of carbonyl (C=O) groups is 1. The van der Waals surface area contributed by atoms with E-state index in [4.69, 9.17) is 0 Å². The van der Waals surface area contributed by atoms with Crippen LogP contribution >= 0.6 is 0 Å². The number of benzene rings is 2. The van der Waals surface area contributed by atoms with Gasteiger partial charge in [-0.1, -0.05) is 30.3 Å². The van der Waals surface area contributed by atoms with Crippen molar-refractivity contribution in [3.63, 3.8) is 0 Å². The van der Waals surface area contributed by atoms with Gasteiger partial charge in [0.2, 0.25) is 5.91 Å². The molecule has 0 saturated carbocycles. The summed E-state index contributed by atoms with van der Waals surface area (Å²) in [5.74, 6) is -0.735. The molecule has 6 nitrogen and oxygen atoms in total. The Balaban J connectivity index is 1.37. The van der Waals surface area contributed by atoms with E-state index in [1.807, 2.05) is 30.3 Å². The maximum Gasteiger partial charge on any atom is 0.387 e. The Labute approximate surface area is 188 Å². The predicted octanol–water partition coefficient (Wildman–Crippen LogP) is 2.93. The quantitative estimate of drug-likeness (QED) is 0.506. The summed E-state index contributed by atoms with van der Waals surface area (Å²) in [7, 11) is 0. The SMILES string of the molecule is C[C@@H](O)C(C(=O)N1CC2=C(C1)CN([S+]([O-])c1ccc(OC(F)F)cc1)C2)c1ccccc1. The van der Waals surface area contributed by atoms with Gasteiger partial charge in [0, 0.05) is 13.1 Å². The van der Waals surface area contributed by atoms with Crippen molar-refractivity contribution in [2.75, 3.05) is 26.2 Å². The van der Waals surface area contributed by atoms with Gasteiger partial charge in [-0.15, -0.1) is 4.31 Å². The van der Waals surface area contributed by atoms with Gasteiger partial charge in [0.25, 0.3) is 0 Å². The van der Waals surface area contributed by atoms with Crippen LogP contribution < -0.4 is 4.74 Å². The molecule has 1 amide bonds. The van der Waals surface area contributed by atoms with Gasteiger partial charge in [-0.05, 0) is 47.9 Å². The van der Waals surface area contributed by atoms with Crippen molar-refractivity contribution in [3.8, 4) is 5.75 Å². The van der Waals surface area contributed by atoms with Gasteiger partial charge in [-0.2, -0.15) is 8.78 Å². The summed E-state index contributed by atoms with van der Waals surface area (Å²) in [6.07, 6.45) is -0.818. The van der Waals surface area contributed by atoms with Crippen molar-refractivity contribution in [3.05, 3.63) is 71.3 Å². The molecule has 0 radical (unpaired) electrons. The molecule has 0 fully saturated rings. The monoisotopic (exact) mass is 462 g/mol. The molecule has 1 N–H and O–H groups in total. The van der Waals surface area contributed by atoms with Gasteiger partial charge in [-0.25, -0.2) is 0 Å². The fraction of sp³-hybridized carbons (Fsp3) is 0.348. The molecule has 0 saturated heterocycles. The van der Waals surface area contributed by atoms with Gasteiger partial charge in [0.1, 0.15) is 5.75 Å². The highest BCUT2D eigenvalue weighted by Crippen LogP contribution is 2.33. The second-order valence-corrected chi connectivity index (χ2v) is 9.41. The first-order valence-corrected chi connectivity index (χ1v) is 11.4. The summed E-state index contributed by atoms with van der Waals surface area (Å²) < 4.78 is 43.6. The Hall–Kier alpha value is -2.46. The number of hydrogen-bond acceptors (Lipinski definition) is 5. The molecule has 170 valence electrons. The zero-order valence-corrected chi connectivity index (χ0v) is 18.3. The number of ether oxygens (including phenoxy) is 1. The lowest BCUT2D eigenvalue weighted by Gasteiger charge is -2.28. The highest BCUT2D eigenvalue weighted by Gasteiger charge is 2.40. The molecule has 3 atom stereocenters. The van der Waals surface area contributed by atoms with Gasteiger partial charge in [0.05, 0.1) is 36.5 Å². The lowest BCUT2D eigenvalue weighted by atomic mass is 9.93. The smallest absolute Gasteiger partial charge is 0.387 e. The van der Waals surface area contributed by atoms with E-state index in [1.54, 1.807) is 16.1 Å². The third-order valence-corrected chi connectivity index (χ3v) is 7.10. The summed E-state index contributed by atoms with van der Waals surface area (Å²) in [6, 6.07) is 15.0. The summed E-state index contributed by atoms with van der Waals surface area (Å²) in [4.78, 5) is 15.4. The van der Waals surface area contributed by atoms with Crippen molar-refractivity contribution >= 4 is 17.3 Å². The third-order valence-electron chi connectivity index (χ3n) is 5.70. The van der Waals surface area contributed by atoms with Gasteiger partial charge >= 0.3 is 6.61 Å². The van der Waals surface area contributed by atoms with E-state index >= 15 is 0 Å². The van der Waals surface area contributed by atoms with Crippen LogP contribution in [0.2, 0.25) is 0 Å². The van der Waals surface area contributed by atoms with Gasteiger partial charge < -0.3 is 19.3 Å². The average molecular weight is 463 g/mol. The van der Waals surface area contributed by atoms with Crippen LogP contribution in [0.1, 0.15) is 18.4 Å². The Bertz CT molecular complexity index is 967. The van der Waals surface area contributed by atoms with E-state index in [9.17, 15) is 23.2 Å². The number of halogens is 2. The molecule has 0 aliphatic carbocycles. The van der Waals surface area contributed by atoms with E-state index in [-0.39, 0.29) is 11.7 Å². The lowest BCUT2D eigenvalue weighted by Crippen LogP contribution is -2.40. The van der Waals surface area contributed by atoms with Crippen LogP contribution in [0.3, 0.4) is 0 Å². The van der Waals surface area contributed by atoms with E-state index in [0.29, 0.717) is 31.1 Å². The molecule has 2 aromatic carbocycles. The molecular weight excluding hydrogens is 438 g/mol. The molecule has 0 bridgehead atoms. The second kappa shape index (κ2) is 9.58. The first-order chi connectivity index (χ1) is 15.3. The molecule has 4 rings (SSSR count). The minimum Gasteiger partial charge on any atom is -0.593 e. The number of aliphatic hydroxyl groups is 1. The largest absolute Gasteiger partial charge is 0.593 e. The third kappa shape index (κ3) is 4.80. The number of amides is 1. The van der Waals surface area contributed by atoms with E-state index < -0.39 is 30.0 Å². The molecule has 9 heteroatoms. The zero-order chi connectivity index (χ0) is 22.8. The topological polar surface area (TPSA) is 76.1 Å². The molecule has 2 unspecified atom stereocenters. The predicted molar refractivity (Wildman–Crippen MR) is 116 cm³/mol. The highest BCUT2D eigenvalue weighted by atomic mass is 32.2. The number of nitrogens with zero attached hydrogens (tertiary/aromatic N) is 2. The molecule has 2 heterocycles. The fourth-order valence-electron chi connectivity index (χ4n) is 4.19. The van der Waals surface area contributed by atoms with Crippen molar-refractivity contribution < 1.29 is 28.0 Å². The number of aliphatic hydroxyl groups excluding tert-OH is 1. The van der Waals surface area contributed by atoms with Crippen molar-refractivity contribution in [1.29, 1.82) is 0 Å². The average Bonchev–Trinajstić information content (AvgIpc) is 3.33. The number of hydrogen-bond donors (Lipinski definition) is 1. The molecular formula is C23H24F2N2O4S. The standard InChI is InChI=1S/C23H24F2N2O4S/c1-15(28)21(16-5-3-2-4-6-16)22(29)26-11-17-13-27(14-18(17)12-26)32(30)20-9-7-19(8-10-20)31-23(24)25/h2-10,15,21,23,28H,11-14H2,1H3/t15-,21?,32?/m1/s1. The van der Waals surface area contributed by atoms with E-state index in [1.165, 1.54) is 24.3 Å². The summed E-state index contributed by atoms with van der Waals surface area (Å²) in [5, 5.41) is 10.2. The molecule has 2 aromatic rings. The lowest BCUT2D eigenvalue weighted by molar-refractivity contribution is -0.134. The molecule has 0 spiro atoms. The van der Waals surface area contributed by atoms with Crippen LogP contribution in [0, 0.1) is 0 Å². The van der Waals surface area contributed by atoms with Crippen LogP contribution in [0.5, 0.6) is 5.75 Å². The van der Waals surface area contributed by atoms with Crippen molar-refractivity contribution in [1.82, 2.24) is 9.21 Å². The van der Waals surface area contributed by atoms with Gasteiger partial charge in [0.15, 0.2) is 4.90 Å². The second-order valence-electron chi connectivity index (χ2n) is 7.93. The summed E-state index contributed by atoms with van der Waals surface area (Å²) in [6.45, 7) is 0.531. The van der Waals surface area contributed by atoms with Crippen molar-refractivity contribution in [2.45, 2.75) is 30.5 Å². The molecule has 32 heavy (non-hydrogen) atoms.